The Morgan fingerprint density at radius 2 is 1.57 bits per heavy atom. The van der Waals surface area contributed by atoms with Crippen LogP contribution in [-0.4, -0.2) is 31.0 Å². The van der Waals surface area contributed by atoms with Gasteiger partial charge in [0.2, 0.25) is 0 Å². The number of hydrogen-bond donors (Lipinski definition) is 4. The molecule has 0 unspecified atom stereocenters. The summed E-state index contributed by atoms with van der Waals surface area (Å²) in [5.41, 5.74) is 6.44. The van der Waals surface area contributed by atoms with Crippen molar-refractivity contribution in [3.05, 3.63) is 24.3 Å². The Morgan fingerprint density at radius 3 is 2.05 bits per heavy atom. The second-order valence-electron chi connectivity index (χ2n) is 4.01. The summed E-state index contributed by atoms with van der Waals surface area (Å²) >= 11 is 0. The van der Waals surface area contributed by atoms with E-state index in [-0.39, 0.29) is 10.8 Å². The molecular formula is C10H8N2O7S2. The van der Waals surface area contributed by atoms with Gasteiger partial charge in [-0.15, -0.1) is 0 Å². The molecule has 0 saturated heterocycles. The Hall–Kier alpha value is -2.08. The lowest BCUT2D eigenvalue weighted by Crippen LogP contribution is -2.00. The summed E-state index contributed by atoms with van der Waals surface area (Å²) in [7, 11) is -9.37. The average Bonchev–Trinajstić information content (AvgIpc) is 2.36. The fourth-order valence-corrected chi connectivity index (χ4v) is 2.99. The molecule has 0 aliphatic carbocycles. The quantitative estimate of drug-likeness (QED) is 0.490. The highest BCUT2D eigenvalue weighted by Gasteiger charge is 2.22. The first-order valence-electron chi connectivity index (χ1n) is 5.18. The standard InChI is InChI=1S/C10H8N2O7S2/c11-12-10-7-3-5(20(14,15)16)1-2-6(7)8(13)4-9(10)21(17,18)19/h1-4,11,13H,(H,14,15,16)(H,17,18,19). The normalized spacial score (nSPS) is 12.5. The highest BCUT2D eigenvalue weighted by Crippen LogP contribution is 2.39. The van der Waals surface area contributed by atoms with E-state index in [1.165, 1.54) is 0 Å². The molecule has 0 heterocycles. The minimum Gasteiger partial charge on any atom is -0.507 e. The lowest BCUT2D eigenvalue weighted by Gasteiger charge is -2.09. The molecule has 21 heavy (non-hydrogen) atoms. The van der Waals surface area contributed by atoms with Crippen molar-refractivity contribution in [3.63, 3.8) is 0 Å². The van der Waals surface area contributed by atoms with E-state index in [0.717, 1.165) is 18.2 Å². The van der Waals surface area contributed by atoms with E-state index >= 15 is 0 Å². The average molecular weight is 332 g/mol. The third kappa shape index (κ3) is 2.71. The molecule has 9 nitrogen and oxygen atoms in total. The molecule has 0 aliphatic rings. The third-order valence-electron chi connectivity index (χ3n) is 2.71. The van der Waals surface area contributed by atoms with Crippen LogP contribution < -0.4 is 0 Å². The monoisotopic (exact) mass is 332 g/mol. The van der Waals surface area contributed by atoms with Crippen LogP contribution in [0.2, 0.25) is 0 Å². The van der Waals surface area contributed by atoms with Gasteiger partial charge in [0.25, 0.3) is 20.2 Å². The lowest BCUT2D eigenvalue weighted by molar-refractivity contribution is 0.471. The fraction of sp³-hybridized carbons (Fsp3) is 0. The summed E-state index contributed by atoms with van der Waals surface area (Å²) < 4.78 is 62.7. The van der Waals surface area contributed by atoms with Crippen LogP contribution in [0.25, 0.3) is 10.8 Å². The summed E-state index contributed by atoms with van der Waals surface area (Å²) in [5, 5.41) is 12.5. The van der Waals surface area contributed by atoms with Crippen LogP contribution in [0.3, 0.4) is 0 Å². The van der Waals surface area contributed by atoms with Gasteiger partial charge in [0, 0.05) is 16.8 Å². The zero-order valence-corrected chi connectivity index (χ0v) is 11.7. The van der Waals surface area contributed by atoms with Crippen molar-refractivity contribution >= 4 is 36.7 Å². The maximum absolute atomic E-state index is 11.2. The van der Waals surface area contributed by atoms with E-state index in [2.05, 4.69) is 5.11 Å². The van der Waals surface area contributed by atoms with Gasteiger partial charge in [0.15, 0.2) is 0 Å². The fourth-order valence-electron chi connectivity index (χ4n) is 1.82. The van der Waals surface area contributed by atoms with Crippen molar-refractivity contribution in [2.75, 3.05) is 0 Å². The zero-order valence-electron chi connectivity index (χ0n) is 10.0. The molecule has 2 rings (SSSR count). The van der Waals surface area contributed by atoms with E-state index in [0.29, 0.717) is 6.07 Å². The Morgan fingerprint density at radius 1 is 0.952 bits per heavy atom. The van der Waals surface area contributed by atoms with Gasteiger partial charge in [-0.1, -0.05) is 0 Å². The Balaban J connectivity index is 3.05. The van der Waals surface area contributed by atoms with Crippen LogP contribution in [0.4, 0.5) is 5.69 Å². The Labute approximate surface area is 118 Å². The molecule has 0 aromatic heterocycles. The van der Waals surface area contributed by atoms with Crippen molar-refractivity contribution in [1.29, 1.82) is 5.53 Å². The van der Waals surface area contributed by atoms with Gasteiger partial charge in [-0.25, -0.2) is 5.53 Å². The van der Waals surface area contributed by atoms with Gasteiger partial charge in [0.1, 0.15) is 16.3 Å². The largest absolute Gasteiger partial charge is 0.507 e. The van der Waals surface area contributed by atoms with Gasteiger partial charge in [-0.05, 0) is 18.2 Å². The highest BCUT2D eigenvalue weighted by atomic mass is 32.2. The zero-order chi connectivity index (χ0) is 16.0. The minimum atomic E-state index is -4.79. The van der Waals surface area contributed by atoms with Crippen molar-refractivity contribution in [2.24, 2.45) is 5.11 Å². The van der Waals surface area contributed by atoms with Crippen molar-refractivity contribution in [2.45, 2.75) is 9.79 Å². The summed E-state index contributed by atoms with van der Waals surface area (Å²) in [6, 6.07) is 3.62. The second kappa shape index (κ2) is 4.73. The smallest absolute Gasteiger partial charge is 0.296 e. The molecular weight excluding hydrogens is 324 g/mol. The maximum atomic E-state index is 11.2. The number of nitrogens with zero attached hydrogens (tertiary/aromatic N) is 1. The number of phenolic OH excluding ortho intramolecular Hbond substituents is 1. The number of fused-ring (bicyclic) bond motifs is 1. The van der Waals surface area contributed by atoms with Crippen molar-refractivity contribution in [3.8, 4) is 5.75 Å². The van der Waals surface area contributed by atoms with Crippen LogP contribution in [0.1, 0.15) is 0 Å². The summed E-state index contributed by atoms with van der Waals surface area (Å²) in [5.74, 6) is -0.563. The molecule has 0 atom stereocenters. The minimum absolute atomic E-state index is 0.000741. The van der Waals surface area contributed by atoms with E-state index < -0.39 is 41.5 Å². The van der Waals surface area contributed by atoms with E-state index in [4.69, 9.17) is 14.6 Å². The number of benzene rings is 2. The van der Waals surface area contributed by atoms with Crippen LogP contribution in [0, 0.1) is 5.53 Å². The molecule has 4 N–H and O–H groups in total. The molecule has 0 amide bonds. The van der Waals surface area contributed by atoms with Gasteiger partial charge in [0.05, 0.1) is 4.90 Å². The van der Waals surface area contributed by atoms with Crippen LogP contribution in [-0.2, 0) is 20.2 Å². The van der Waals surface area contributed by atoms with Crippen LogP contribution in [0.15, 0.2) is 39.2 Å². The van der Waals surface area contributed by atoms with Crippen molar-refractivity contribution < 1.29 is 31.0 Å². The summed E-state index contributed by atoms with van der Waals surface area (Å²) in [6.07, 6.45) is 0. The number of aromatic hydroxyl groups is 1. The molecule has 11 heteroatoms. The summed E-state index contributed by atoms with van der Waals surface area (Å²) in [6.45, 7) is 0. The molecule has 0 fully saturated rings. The first kappa shape index (κ1) is 15.3. The topological polar surface area (TPSA) is 165 Å². The van der Waals surface area contributed by atoms with E-state index in [1.807, 2.05) is 0 Å². The van der Waals surface area contributed by atoms with Crippen LogP contribution >= 0.6 is 0 Å². The predicted molar refractivity (Wildman–Crippen MR) is 70.0 cm³/mol. The second-order valence-corrected chi connectivity index (χ2v) is 6.82. The molecule has 112 valence electrons. The molecule has 0 spiro atoms. The van der Waals surface area contributed by atoms with Gasteiger partial charge in [-0.3, -0.25) is 9.11 Å². The van der Waals surface area contributed by atoms with E-state index in [9.17, 15) is 21.9 Å². The van der Waals surface area contributed by atoms with Crippen LogP contribution in [0.5, 0.6) is 5.75 Å². The highest BCUT2D eigenvalue weighted by molar-refractivity contribution is 7.86. The first-order chi connectivity index (χ1) is 9.55. The van der Waals surface area contributed by atoms with Gasteiger partial charge in [-0.2, -0.15) is 21.9 Å². The third-order valence-corrected chi connectivity index (χ3v) is 4.43. The van der Waals surface area contributed by atoms with E-state index in [1.54, 1.807) is 0 Å². The lowest BCUT2D eigenvalue weighted by atomic mass is 10.1. The predicted octanol–water partition coefficient (Wildman–Crippen LogP) is 1.70. The number of rotatable bonds is 3. The SMILES string of the molecule is N=Nc1c(S(=O)(=O)O)cc(O)c2ccc(S(=O)(=O)O)cc12. The Kier molecular flexibility index (Phi) is 3.45. The maximum Gasteiger partial charge on any atom is 0.296 e. The Bertz CT molecular complexity index is 965. The first-order valence-corrected chi connectivity index (χ1v) is 8.06. The van der Waals surface area contributed by atoms with Gasteiger partial charge >= 0.3 is 0 Å². The molecule has 0 radical (unpaired) electrons. The number of hydrogen-bond acceptors (Lipinski definition) is 7. The molecule has 2 aromatic rings. The summed E-state index contributed by atoms with van der Waals surface area (Å²) in [4.78, 5) is -1.43. The molecule has 0 bridgehead atoms. The van der Waals surface area contributed by atoms with Gasteiger partial charge < -0.3 is 5.11 Å². The molecule has 0 saturated carbocycles. The number of nitrogens with one attached hydrogen (secondary N) is 1. The molecule has 2 aromatic carbocycles. The molecule has 0 aliphatic heterocycles. The number of phenols is 1. The van der Waals surface area contributed by atoms with Crippen molar-refractivity contribution in [1.82, 2.24) is 0 Å².